The predicted octanol–water partition coefficient (Wildman–Crippen LogP) is 0.507. The van der Waals surface area contributed by atoms with Crippen LogP contribution in [-0.2, 0) is 23.6 Å². The molecular formula is C14H26N4O2S. The Labute approximate surface area is 127 Å². The third-order valence-corrected chi connectivity index (χ3v) is 5.51. The molecule has 1 aromatic heterocycles. The van der Waals surface area contributed by atoms with E-state index in [1.54, 1.807) is 12.3 Å². The maximum absolute atomic E-state index is 12.5. The number of aryl methyl sites for hydroxylation is 1. The zero-order chi connectivity index (χ0) is 15.5. The number of likely N-dealkylation sites (tertiary alicyclic amines) is 1. The van der Waals surface area contributed by atoms with Crippen molar-refractivity contribution in [1.82, 2.24) is 19.5 Å². The van der Waals surface area contributed by atoms with Gasteiger partial charge in [-0.25, -0.2) is 13.1 Å². The molecule has 2 rings (SSSR count). The molecule has 2 heterocycles. The molecule has 1 fully saturated rings. The third-order valence-electron chi connectivity index (χ3n) is 4.03. The number of rotatable bonds is 6. The maximum atomic E-state index is 12.5. The maximum Gasteiger partial charge on any atom is 0.242 e. The Kier molecular flexibility index (Phi) is 5.43. The van der Waals surface area contributed by atoms with Gasteiger partial charge in [-0.15, -0.1) is 0 Å². The zero-order valence-corrected chi connectivity index (χ0v) is 13.9. The molecule has 0 aliphatic carbocycles. The highest BCUT2D eigenvalue weighted by Crippen LogP contribution is 2.16. The summed E-state index contributed by atoms with van der Waals surface area (Å²) in [6.45, 7) is 5.59. The van der Waals surface area contributed by atoms with Gasteiger partial charge in [-0.2, -0.15) is 0 Å². The minimum atomic E-state index is -3.44. The first-order chi connectivity index (χ1) is 9.96. The van der Waals surface area contributed by atoms with Crippen LogP contribution in [0.2, 0.25) is 0 Å². The summed E-state index contributed by atoms with van der Waals surface area (Å²) in [7, 11) is 0.277. The summed E-state index contributed by atoms with van der Waals surface area (Å²) < 4.78 is 29.7. The van der Waals surface area contributed by atoms with Gasteiger partial charge in [-0.1, -0.05) is 6.92 Å². The highest BCUT2D eigenvalue weighted by atomic mass is 32.2. The first-order valence-corrected chi connectivity index (χ1v) is 8.99. The van der Waals surface area contributed by atoms with E-state index >= 15 is 0 Å². The predicted molar refractivity (Wildman–Crippen MR) is 83.6 cm³/mol. The van der Waals surface area contributed by atoms with Crippen LogP contribution in [0.3, 0.4) is 0 Å². The monoisotopic (exact) mass is 314 g/mol. The lowest BCUT2D eigenvalue weighted by Gasteiger charge is -2.31. The smallest absolute Gasteiger partial charge is 0.242 e. The largest absolute Gasteiger partial charge is 0.352 e. The van der Waals surface area contributed by atoms with E-state index in [0.29, 0.717) is 11.4 Å². The van der Waals surface area contributed by atoms with Gasteiger partial charge in [0.1, 0.15) is 0 Å². The van der Waals surface area contributed by atoms with E-state index in [1.807, 2.05) is 18.7 Å². The normalized spacial score (nSPS) is 20.8. The standard InChI is InChI=1S/C14H26N4O2S/c1-4-18-7-5-6-12(10-18)16-21(19,20)14-8-13(9-15-2)17(3)11-14/h8,11-12,15-16H,4-7,9-10H2,1-3H3. The van der Waals surface area contributed by atoms with E-state index in [0.717, 1.165) is 38.2 Å². The van der Waals surface area contributed by atoms with Crippen molar-refractivity contribution in [3.8, 4) is 0 Å². The molecule has 2 N–H and O–H groups in total. The van der Waals surface area contributed by atoms with Crippen LogP contribution in [0.5, 0.6) is 0 Å². The molecule has 1 aliphatic heterocycles. The SMILES string of the molecule is CCN1CCCC(NS(=O)(=O)c2cc(CNC)n(C)c2)C1. The molecule has 0 bridgehead atoms. The van der Waals surface area contributed by atoms with Gasteiger partial charge >= 0.3 is 0 Å². The number of aromatic nitrogens is 1. The van der Waals surface area contributed by atoms with E-state index in [4.69, 9.17) is 0 Å². The van der Waals surface area contributed by atoms with Crippen LogP contribution in [-0.4, -0.2) is 50.6 Å². The molecule has 7 heteroatoms. The van der Waals surface area contributed by atoms with Gasteiger partial charge in [-0.3, -0.25) is 0 Å². The van der Waals surface area contributed by atoms with Crippen molar-refractivity contribution in [2.45, 2.75) is 37.2 Å². The Balaban J connectivity index is 2.09. The average molecular weight is 314 g/mol. The minimum Gasteiger partial charge on any atom is -0.352 e. The minimum absolute atomic E-state index is 0.0108. The Morgan fingerprint density at radius 1 is 1.43 bits per heavy atom. The number of sulfonamides is 1. The average Bonchev–Trinajstić information content (AvgIpc) is 2.81. The van der Waals surface area contributed by atoms with Crippen molar-refractivity contribution in [1.29, 1.82) is 0 Å². The van der Waals surface area contributed by atoms with Gasteiger partial charge in [-0.05, 0) is 39.0 Å². The Bertz CT molecular complexity index is 568. The second kappa shape index (κ2) is 6.91. The Morgan fingerprint density at radius 2 is 2.19 bits per heavy atom. The highest BCUT2D eigenvalue weighted by Gasteiger charge is 2.25. The van der Waals surface area contributed by atoms with Gasteiger partial charge in [0.25, 0.3) is 0 Å². The molecule has 6 nitrogen and oxygen atoms in total. The summed E-state index contributed by atoms with van der Waals surface area (Å²) >= 11 is 0. The molecule has 0 spiro atoms. The number of nitrogens with zero attached hydrogens (tertiary/aromatic N) is 2. The molecule has 120 valence electrons. The van der Waals surface area contributed by atoms with E-state index in [-0.39, 0.29) is 6.04 Å². The number of piperidine rings is 1. The van der Waals surface area contributed by atoms with Crippen molar-refractivity contribution in [3.63, 3.8) is 0 Å². The number of nitrogens with one attached hydrogen (secondary N) is 2. The fourth-order valence-electron chi connectivity index (χ4n) is 2.81. The fraction of sp³-hybridized carbons (Fsp3) is 0.714. The second-order valence-corrected chi connectivity index (χ2v) is 7.38. The van der Waals surface area contributed by atoms with E-state index in [1.165, 1.54) is 0 Å². The summed E-state index contributed by atoms with van der Waals surface area (Å²) in [5.41, 5.74) is 0.955. The van der Waals surface area contributed by atoms with Crippen LogP contribution in [0.25, 0.3) is 0 Å². The molecule has 0 aromatic carbocycles. The molecule has 1 atom stereocenters. The summed E-state index contributed by atoms with van der Waals surface area (Å²) in [4.78, 5) is 2.64. The molecule has 0 amide bonds. The summed E-state index contributed by atoms with van der Waals surface area (Å²) in [5.74, 6) is 0. The van der Waals surface area contributed by atoms with Crippen LogP contribution in [0.4, 0.5) is 0 Å². The lowest BCUT2D eigenvalue weighted by atomic mass is 10.1. The van der Waals surface area contributed by atoms with Crippen LogP contribution < -0.4 is 10.0 Å². The lowest BCUT2D eigenvalue weighted by Crippen LogP contribution is -2.47. The van der Waals surface area contributed by atoms with E-state index in [9.17, 15) is 8.42 Å². The Hall–Kier alpha value is -0.890. The third kappa shape index (κ3) is 4.06. The van der Waals surface area contributed by atoms with E-state index in [2.05, 4.69) is 21.9 Å². The zero-order valence-electron chi connectivity index (χ0n) is 13.1. The lowest BCUT2D eigenvalue weighted by molar-refractivity contribution is 0.211. The number of likely N-dealkylation sites (N-methyl/N-ethyl adjacent to an activating group) is 1. The fourth-order valence-corrected chi connectivity index (χ4v) is 4.16. The first-order valence-electron chi connectivity index (χ1n) is 7.50. The van der Waals surface area contributed by atoms with Gasteiger partial charge in [0.05, 0.1) is 4.90 Å². The van der Waals surface area contributed by atoms with Gasteiger partial charge in [0, 0.05) is 38.1 Å². The van der Waals surface area contributed by atoms with Gasteiger partial charge in [0.15, 0.2) is 0 Å². The van der Waals surface area contributed by atoms with Crippen LogP contribution in [0, 0.1) is 0 Å². The van der Waals surface area contributed by atoms with E-state index < -0.39 is 10.0 Å². The van der Waals surface area contributed by atoms with Gasteiger partial charge < -0.3 is 14.8 Å². The molecule has 1 unspecified atom stereocenters. The summed E-state index contributed by atoms with van der Waals surface area (Å²) in [5, 5.41) is 3.04. The summed E-state index contributed by atoms with van der Waals surface area (Å²) in [6.07, 6.45) is 3.63. The quantitative estimate of drug-likeness (QED) is 0.803. The van der Waals surface area contributed by atoms with Crippen molar-refractivity contribution >= 4 is 10.0 Å². The van der Waals surface area contributed by atoms with Crippen molar-refractivity contribution in [2.75, 3.05) is 26.7 Å². The topological polar surface area (TPSA) is 66.4 Å². The highest BCUT2D eigenvalue weighted by molar-refractivity contribution is 7.89. The van der Waals surface area contributed by atoms with Crippen LogP contribution >= 0.6 is 0 Å². The van der Waals surface area contributed by atoms with Crippen molar-refractivity contribution < 1.29 is 8.42 Å². The molecule has 0 radical (unpaired) electrons. The molecule has 1 aromatic rings. The molecule has 21 heavy (non-hydrogen) atoms. The van der Waals surface area contributed by atoms with Crippen LogP contribution in [0.1, 0.15) is 25.5 Å². The molecule has 0 saturated carbocycles. The molecule has 1 saturated heterocycles. The summed E-state index contributed by atoms with van der Waals surface area (Å²) in [6, 6.07) is 1.75. The number of hydrogen-bond donors (Lipinski definition) is 2. The van der Waals surface area contributed by atoms with Gasteiger partial charge in [0.2, 0.25) is 10.0 Å². The number of hydrogen-bond acceptors (Lipinski definition) is 4. The second-order valence-electron chi connectivity index (χ2n) is 5.66. The molecular weight excluding hydrogens is 288 g/mol. The van der Waals surface area contributed by atoms with Crippen molar-refractivity contribution in [3.05, 3.63) is 18.0 Å². The molecule has 1 aliphatic rings. The van der Waals surface area contributed by atoms with Crippen molar-refractivity contribution in [2.24, 2.45) is 7.05 Å². The van der Waals surface area contributed by atoms with Crippen LogP contribution in [0.15, 0.2) is 17.2 Å². The first kappa shape index (κ1) is 16.5. The Morgan fingerprint density at radius 3 is 2.86 bits per heavy atom.